The van der Waals surface area contributed by atoms with E-state index in [9.17, 15) is 4.79 Å². The molecule has 8 heteroatoms. The summed E-state index contributed by atoms with van der Waals surface area (Å²) in [5.74, 6) is 0.385. The lowest BCUT2D eigenvalue weighted by molar-refractivity contribution is 0.0954. The predicted octanol–water partition coefficient (Wildman–Crippen LogP) is 0.562. The van der Waals surface area contributed by atoms with E-state index in [1.807, 2.05) is 0 Å². The largest absolute Gasteiger partial charge is 0.352 e. The normalized spacial score (nSPS) is 10.5. The minimum absolute atomic E-state index is 0.117. The highest BCUT2D eigenvalue weighted by atomic mass is 16.1. The van der Waals surface area contributed by atoms with Gasteiger partial charge in [-0.2, -0.15) is 5.21 Å². The van der Waals surface area contributed by atoms with Crippen molar-refractivity contribution in [3.05, 3.63) is 48.0 Å². The van der Waals surface area contributed by atoms with Gasteiger partial charge in [0.05, 0.1) is 6.33 Å². The van der Waals surface area contributed by atoms with E-state index in [2.05, 4.69) is 35.9 Å². The van der Waals surface area contributed by atoms with Crippen LogP contribution in [-0.2, 0) is 6.42 Å². The van der Waals surface area contributed by atoms with Crippen LogP contribution in [0.3, 0.4) is 0 Å². The van der Waals surface area contributed by atoms with Crippen molar-refractivity contribution in [2.24, 2.45) is 0 Å². The zero-order valence-corrected chi connectivity index (χ0v) is 11.1. The van der Waals surface area contributed by atoms with Crippen LogP contribution < -0.4 is 5.32 Å². The summed E-state index contributed by atoms with van der Waals surface area (Å²) < 4.78 is 0. The third-order valence-electron chi connectivity index (χ3n) is 2.99. The van der Waals surface area contributed by atoms with E-state index in [-0.39, 0.29) is 5.91 Å². The minimum atomic E-state index is -0.117. The van der Waals surface area contributed by atoms with Crippen molar-refractivity contribution in [3.8, 4) is 11.4 Å². The van der Waals surface area contributed by atoms with Crippen molar-refractivity contribution in [2.45, 2.75) is 6.42 Å². The van der Waals surface area contributed by atoms with Gasteiger partial charge in [0.2, 0.25) is 5.82 Å². The zero-order valence-electron chi connectivity index (χ0n) is 11.1. The van der Waals surface area contributed by atoms with Crippen LogP contribution in [0.4, 0.5) is 0 Å². The number of H-pyrrole nitrogens is 2. The van der Waals surface area contributed by atoms with Crippen LogP contribution in [0, 0.1) is 0 Å². The highest BCUT2D eigenvalue weighted by Gasteiger charge is 2.07. The van der Waals surface area contributed by atoms with Gasteiger partial charge in [-0.05, 0) is 17.3 Å². The third-order valence-corrected chi connectivity index (χ3v) is 2.99. The Morgan fingerprint density at radius 2 is 2.10 bits per heavy atom. The molecular weight excluding hydrogens is 270 g/mol. The van der Waals surface area contributed by atoms with E-state index in [0.717, 1.165) is 11.3 Å². The summed E-state index contributed by atoms with van der Waals surface area (Å²) in [5, 5.41) is 16.5. The van der Waals surface area contributed by atoms with Gasteiger partial charge >= 0.3 is 0 Å². The van der Waals surface area contributed by atoms with E-state index in [1.54, 1.807) is 36.8 Å². The van der Waals surface area contributed by atoms with Crippen molar-refractivity contribution in [2.75, 3.05) is 6.54 Å². The Balaban J connectivity index is 1.57. The monoisotopic (exact) mass is 283 g/mol. The van der Waals surface area contributed by atoms with Crippen molar-refractivity contribution in [3.63, 3.8) is 0 Å². The smallest absolute Gasteiger partial charge is 0.251 e. The molecule has 0 spiro atoms. The molecule has 2 aromatic heterocycles. The molecule has 3 rings (SSSR count). The standard InChI is InChI=1S/C13H13N7O/c21-13(15-6-5-11-7-14-8-16-11)10-3-1-9(2-4-10)12-17-19-20-18-12/h1-4,7-8H,5-6H2,(H,14,16)(H,15,21)(H,17,18,19,20). The topological polar surface area (TPSA) is 112 Å². The number of hydrogen-bond acceptors (Lipinski definition) is 5. The molecule has 1 aromatic carbocycles. The maximum atomic E-state index is 12.0. The van der Waals surface area contributed by atoms with Gasteiger partial charge < -0.3 is 10.3 Å². The van der Waals surface area contributed by atoms with Crippen LogP contribution in [0.15, 0.2) is 36.8 Å². The number of tetrazole rings is 1. The fraction of sp³-hybridized carbons (Fsp3) is 0.154. The van der Waals surface area contributed by atoms with Gasteiger partial charge in [0.25, 0.3) is 5.91 Å². The number of benzene rings is 1. The highest BCUT2D eigenvalue weighted by molar-refractivity contribution is 5.94. The van der Waals surface area contributed by atoms with Crippen molar-refractivity contribution in [1.82, 2.24) is 35.9 Å². The SMILES string of the molecule is O=C(NCCc1cnc[nH]1)c1ccc(-c2nn[nH]n2)cc1. The van der Waals surface area contributed by atoms with Gasteiger partial charge in [-0.15, -0.1) is 10.2 Å². The first-order valence-electron chi connectivity index (χ1n) is 6.42. The van der Waals surface area contributed by atoms with E-state index in [0.29, 0.717) is 24.4 Å². The Morgan fingerprint density at radius 1 is 1.24 bits per heavy atom. The molecule has 2 heterocycles. The van der Waals surface area contributed by atoms with Crippen molar-refractivity contribution >= 4 is 5.91 Å². The molecule has 1 amide bonds. The number of amides is 1. The van der Waals surface area contributed by atoms with Crippen LogP contribution >= 0.6 is 0 Å². The number of nitrogens with zero attached hydrogens (tertiary/aromatic N) is 4. The van der Waals surface area contributed by atoms with Crippen LogP contribution in [0.1, 0.15) is 16.1 Å². The summed E-state index contributed by atoms with van der Waals surface area (Å²) >= 11 is 0. The molecule has 3 aromatic rings. The molecule has 0 bridgehead atoms. The Hall–Kier alpha value is -3.03. The molecule has 0 aliphatic rings. The zero-order chi connectivity index (χ0) is 14.5. The molecule has 0 radical (unpaired) electrons. The van der Waals surface area contributed by atoms with E-state index < -0.39 is 0 Å². The molecule has 0 aliphatic carbocycles. The van der Waals surface area contributed by atoms with E-state index in [4.69, 9.17) is 0 Å². The molecule has 0 aliphatic heterocycles. The average Bonchev–Trinajstić information content (AvgIpc) is 3.21. The molecule has 0 unspecified atom stereocenters. The molecule has 106 valence electrons. The highest BCUT2D eigenvalue weighted by Crippen LogP contribution is 2.13. The summed E-state index contributed by atoms with van der Waals surface area (Å²) in [4.78, 5) is 18.9. The molecule has 0 atom stereocenters. The molecule has 21 heavy (non-hydrogen) atoms. The molecular formula is C13H13N7O. The van der Waals surface area contributed by atoms with Gasteiger partial charge in [-0.25, -0.2) is 4.98 Å². The lowest BCUT2D eigenvalue weighted by atomic mass is 10.1. The summed E-state index contributed by atoms with van der Waals surface area (Å²) in [5.41, 5.74) is 2.38. The summed E-state index contributed by atoms with van der Waals surface area (Å²) in [6.07, 6.45) is 4.08. The van der Waals surface area contributed by atoms with Gasteiger partial charge in [0, 0.05) is 36.0 Å². The van der Waals surface area contributed by atoms with Crippen LogP contribution in [0.5, 0.6) is 0 Å². The first-order valence-corrected chi connectivity index (χ1v) is 6.42. The number of nitrogens with one attached hydrogen (secondary N) is 3. The first kappa shape index (κ1) is 13.0. The summed E-state index contributed by atoms with van der Waals surface area (Å²) in [6.45, 7) is 0.549. The second-order valence-corrected chi connectivity index (χ2v) is 4.40. The molecule has 8 nitrogen and oxygen atoms in total. The van der Waals surface area contributed by atoms with Gasteiger partial charge in [0.15, 0.2) is 0 Å². The Labute approximate surface area is 120 Å². The Kier molecular flexibility index (Phi) is 3.68. The Morgan fingerprint density at radius 3 is 2.76 bits per heavy atom. The quantitative estimate of drug-likeness (QED) is 0.633. The predicted molar refractivity (Wildman–Crippen MR) is 74.2 cm³/mol. The number of carbonyl (C=O) groups is 1. The lowest BCUT2D eigenvalue weighted by Gasteiger charge is -2.04. The number of imidazole rings is 1. The average molecular weight is 283 g/mol. The second kappa shape index (κ2) is 5.95. The summed E-state index contributed by atoms with van der Waals surface area (Å²) in [7, 11) is 0. The van der Waals surface area contributed by atoms with Gasteiger partial charge in [-0.3, -0.25) is 4.79 Å². The number of rotatable bonds is 5. The van der Waals surface area contributed by atoms with E-state index >= 15 is 0 Å². The molecule has 3 N–H and O–H groups in total. The van der Waals surface area contributed by atoms with Crippen molar-refractivity contribution in [1.29, 1.82) is 0 Å². The molecule has 0 saturated carbocycles. The molecule has 0 saturated heterocycles. The number of carbonyl (C=O) groups excluding carboxylic acids is 1. The summed E-state index contributed by atoms with van der Waals surface area (Å²) in [6, 6.07) is 7.04. The maximum Gasteiger partial charge on any atom is 0.251 e. The number of aromatic nitrogens is 6. The maximum absolute atomic E-state index is 12.0. The van der Waals surface area contributed by atoms with E-state index in [1.165, 1.54) is 0 Å². The second-order valence-electron chi connectivity index (χ2n) is 4.40. The fourth-order valence-corrected chi connectivity index (χ4v) is 1.89. The van der Waals surface area contributed by atoms with Crippen LogP contribution in [0.2, 0.25) is 0 Å². The Bertz CT molecular complexity index is 689. The molecule has 0 fully saturated rings. The van der Waals surface area contributed by atoms with Gasteiger partial charge in [-0.1, -0.05) is 12.1 Å². The fourth-order valence-electron chi connectivity index (χ4n) is 1.89. The van der Waals surface area contributed by atoms with Crippen molar-refractivity contribution < 1.29 is 4.79 Å². The number of hydrogen-bond donors (Lipinski definition) is 3. The van der Waals surface area contributed by atoms with Crippen LogP contribution in [-0.4, -0.2) is 43.0 Å². The number of aromatic amines is 2. The third kappa shape index (κ3) is 3.11. The van der Waals surface area contributed by atoms with Crippen LogP contribution in [0.25, 0.3) is 11.4 Å². The van der Waals surface area contributed by atoms with Gasteiger partial charge in [0.1, 0.15) is 0 Å². The first-order chi connectivity index (χ1) is 10.3. The minimum Gasteiger partial charge on any atom is -0.352 e. The lowest BCUT2D eigenvalue weighted by Crippen LogP contribution is -2.25.